The van der Waals surface area contributed by atoms with Crippen molar-refractivity contribution in [3.8, 4) is 22.6 Å². The highest BCUT2D eigenvalue weighted by atomic mass is 19.1. The number of pyridine rings is 2. The smallest absolute Gasteiger partial charge is 0.178 e. The average molecular weight is 439 g/mol. The van der Waals surface area contributed by atoms with Crippen LogP contribution in [0.5, 0.6) is 0 Å². The minimum atomic E-state index is -0.349. The van der Waals surface area contributed by atoms with Gasteiger partial charge in [-0.2, -0.15) is 5.10 Å². The first-order valence-corrected chi connectivity index (χ1v) is 11.1. The van der Waals surface area contributed by atoms with Crippen molar-refractivity contribution in [2.75, 3.05) is 5.32 Å². The van der Waals surface area contributed by atoms with Gasteiger partial charge in [0, 0.05) is 40.7 Å². The lowest BCUT2D eigenvalue weighted by atomic mass is 10.0. The van der Waals surface area contributed by atoms with Crippen molar-refractivity contribution in [1.82, 2.24) is 30.1 Å². The Hall–Kier alpha value is -4.07. The van der Waals surface area contributed by atoms with Gasteiger partial charge < -0.3 is 10.3 Å². The largest absolute Gasteiger partial charge is 0.358 e. The summed E-state index contributed by atoms with van der Waals surface area (Å²) in [5, 5.41) is 11.4. The summed E-state index contributed by atoms with van der Waals surface area (Å²) >= 11 is 0. The Morgan fingerprint density at radius 2 is 2.00 bits per heavy atom. The SMILES string of the molecule is C=C(Nc1cncc(-c2cc3c(-c4nc5ncccc5[nH]4)n[nH]c3cc2F)c1)C1CCCC1. The van der Waals surface area contributed by atoms with E-state index in [9.17, 15) is 0 Å². The molecule has 164 valence electrons. The van der Waals surface area contributed by atoms with E-state index in [1.54, 1.807) is 24.7 Å². The number of nitrogens with one attached hydrogen (secondary N) is 3. The number of nitrogens with zero attached hydrogens (tertiary/aromatic N) is 4. The minimum absolute atomic E-state index is 0.349. The van der Waals surface area contributed by atoms with Gasteiger partial charge in [0.2, 0.25) is 0 Å². The topological polar surface area (TPSA) is 95.2 Å². The number of allylic oxidation sites excluding steroid dienone is 1. The Kier molecular flexibility index (Phi) is 4.64. The fourth-order valence-corrected chi connectivity index (χ4v) is 4.61. The zero-order valence-electron chi connectivity index (χ0n) is 17.9. The highest BCUT2D eigenvalue weighted by Gasteiger charge is 2.19. The second-order valence-electron chi connectivity index (χ2n) is 8.50. The van der Waals surface area contributed by atoms with Crippen LogP contribution in [0.4, 0.5) is 10.1 Å². The lowest BCUT2D eigenvalue weighted by molar-refractivity contribution is 0.632. The van der Waals surface area contributed by atoms with Crippen molar-refractivity contribution in [2.24, 2.45) is 5.92 Å². The Morgan fingerprint density at radius 3 is 2.85 bits per heavy atom. The Balaban J connectivity index is 1.38. The molecule has 1 fully saturated rings. The number of rotatable bonds is 5. The zero-order valence-corrected chi connectivity index (χ0v) is 17.9. The number of benzene rings is 1. The second kappa shape index (κ2) is 7.81. The van der Waals surface area contributed by atoms with E-state index < -0.39 is 0 Å². The maximum Gasteiger partial charge on any atom is 0.178 e. The molecule has 1 aliphatic rings. The van der Waals surface area contributed by atoms with Crippen molar-refractivity contribution in [2.45, 2.75) is 25.7 Å². The molecule has 0 saturated heterocycles. The molecule has 1 saturated carbocycles. The van der Waals surface area contributed by atoms with Gasteiger partial charge >= 0.3 is 0 Å². The maximum absolute atomic E-state index is 15.1. The molecule has 6 rings (SSSR count). The third kappa shape index (κ3) is 3.53. The van der Waals surface area contributed by atoms with Gasteiger partial charge in [0.05, 0.1) is 22.9 Å². The minimum Gasteiger partial charge on any atom is -0.358 e. The van der Waals surface area contributed by atoms with Crippen molar-refractivity contribution >= 4 is 27.8 Å². The molecule has 0 unspecified atom stereocenters. The fraction of sp³-hybridized carbons (Fsp3) is 0.200. The summed E-state index contributed by atoms with van der Waals surface area (Å²) in [7, 11) is 0. The standard InChI is InChI=1S/C25H22FN7/c1-14(15-5-2-3-6-15)29-17-9-16(12-27-13-17)18-10-19-22(11-20(18)26)32-33-23(19)25-30-21-7-4-8-28-24(21)31-25/h4,7-13,15,29H,1-3,5-6H2,(H,32,33)(H,28,30,31). The summed E-state index contributed by atoms with van der Waals surface area (Å²) in [4.78, 5) is 16.4. The first-order valence-electron chi connectivity index (χ1n) is 11.1. The molecule has 0 aliphatic heterocycles. The monoisotopic (exact) mass is 439 g/mol. The summed E-state index contributed by atoms with van der Waals surface area (Å²) < 4.78 is 15.1. The van der Waals surface area contributed by atoms with Crippen molar-refractivity contribution in [1.29, 1.82) is 0 Å². The van der Waals surface area contributed by atoms with Gasteiger partial charge in [-0.15, -0.1) is 0 Å². The molecule has 1 aromatic carbocycles. The Morgan fingerprint density at radius 1 is 1.12 bits per heavy atom. The molecule has 1 aliphatic carbocycles. The fourth-order valence-electron chi connectivity index (χ4n) is 4.61. The first-order chi connectivity index (χ1) is 16.2. The van der Waals surface area contributed by atoms with Gasteiger partial charge in [0.15, 0.2) is 11.5 Å². The number of anilines is 1. The molecule has 4 heterocycles. The van der Waals surface area contributed by atoms with Crippen LogP contribution in [0.3, 0.4) is 0 Å². The van der Waals surface area contributed by atoms with E-state index in [0.717, 1.165) is 35.1 Å². The van der Waals surface area contributed by atoms with Gasteiger partial charge in [-0.05, 0) is 43.0 Å². The van der Waals surface area contributed by atoms with Crippen molar-refractivity contribution < 1.29 is 4.39 Å². The van der Waals surface area contributed by atoms with Crippen LogP contribution in [0.15, 0.2) is 61.2 Å². The summed E-state index contributed by atoms with van der Waals surface area (Å²) in [6.07, 6.45) is 9.89. The number of halogens is 1. The molecule has 0 atom stereocenters. The molecule has 8 heteroatoms. The molecule has 0 spiro atoms. The van der Waals surface area contributed by atoms with Gasteiger partial charge in [-0.25, -0.2) is 14.4 Å². The number of imidazole rings is 1. The molecule has 33 heavy (non-hydrogen) atoms. The third-order valence-electron chi connectivity index (χ3n) is 6.33. The summed E-state index contributed by atoms with van der Waals surface area (Å²) in [5.74, 6) is 0.708. The Labute approximate surface area is 189 Å². The number of aromatic nitrogens is 6. The maximum atomic E-state index is 15.1. The zero-order chi connectivity index (χ0) is 22.4. The van der Waals surface area contributed by atoms with Gasteiger partial charge in [0.25, 0.3) is 0 Å². The molecule has 0 bridgehead atoms. The Bertz CT molecular complexity index is 1460. The van der Waals surface area contributed by atoms with E-state index >= 15 is 4.39 Å². The van der Waals surface area contributed by atoms with E-state index in [1.165, 1.54) is 18.9 Å². The summed E-state index contributed by atoms with van der Waals surface area (Å²) in [6, 6.07) is 8.90. The molecule has 4 aromatic heterocycles. The van der Waals surface area contributed by atoms with Crippen LogP contribution >= 0.6 is 0 Å². The summed E-state index contributed by atoms with van der Waals surface area (Å²) in [6.45, 7) is 4.21. The molecule has 0 amide bonds. The average Bonchev–Trinajstić information content (AvgIpc) is 3.57. The number of hydrogen-bond acceptors (Lipinski definition) is 5. The number of aromatic amines is 2. The molecular formula is C25H22FN7. The quantitative estimate of drug-likeness (QED) is 0.321. The normalized spacial score (nSPS) is 14.3. The van der Waals surface area contributed by atoms with Crippen LogP contribution in [0.25, 0.3) is 44.7 Å². The van der Waals surface area contributed by atoms with Crippen LogP contribution in [-0.2, 0) is 0 Å². The van der Waals surface area contributed by atoms with Gasteiger partial charge in [-0.1, -0.05) is 19.4 Å². The van der Waals surface area contributed by atoms with Crippen molar-refractivity contribution in [3.05, 3.63) is 67.0 Å². The highest BCUT2D eigenvalue weighted by Crippen LogP contribution is 2.34. The van der Waals surface area contributed by atoms with E-state index in [2.05, 4.69) is 42.0 Å². The lowest BCUT2D eigenvalue weighted by Gasteiger charge is -2.16. The molecule has 0 radical (unpaired) electrons. The van der Waals surface area contributed by atoms with Gasteiger partial charge in [0.1, 0.15) is 11.5 Å². The molecule has 3 N–H and O–H groups in total. The van der Waals surface area contributed by atoms with E-state index in [0.29, 0.717) is 39.7 Å². The molecule has 7 nitrogen and oxygen atoms in total. The van der Waals surface area contributed by atoms with Crippen LogP contribution in [0, 0.1) is 11.7 Å². The number of H-pyrrole nitrogens is 2. The molecule has 5 aromatic rings. The number of fused-ring (bicyclic) bond motifs is 2. The number of hydrogen-bond donors (Lipinski definition) is 3. The predicted molar refractivity (Wildman–Crippen MR) is 127 cm³/mol. The van der Waals surface area contributed by atoms with Crippen molar-refractivity contribution in [3.63, 3.8) is 0 Å². The van der Waals surface area contributed by atoms with Crippen LogP contribution in [0.1, 0.15) is 25.7 Å². The second-order valence-corrected chi connectivity index (χ2v) is 8.50. The van der Waals surface area contributed by atoms with Crippen LogP contribution < -0.4 is 5.32 Å². The van der Waals surface area contributed by atoms with E-state index in [-0.39, 0.29) is 5.82 Å². The van der Waals surface area contributed by atoms with E-state index in [1.807, 2.05) is 18.2 Å². The third-order valence-corrected chi connectivity index (χ3v) is 6.33. The van der Waals surface area contributed by atoms with Gasteiger partial charge in [-0.3, -0.25) is 10.1 Å². The predicted octanol–water partition coefficient (Wildman–Crippen LogP) is 5.82. The van der Waals surface area contributed by atoms with Crippen LogP contribution in [0.2, 0.25) is 0 Å². The summed E-state index contributed by atoms with van der Waals surface area (Å²) in [5.41, 5.74) is 5.56. The van der Waals surface area contributed by atoms with E-state index in [4.69, 9.17) is 0 Å². The molecular weight excluding hydrogens is 417 g/mol. The highest BCUT2D eigenvalue weighted by molar-refractivity contribution is 5.95. The lowest BCUT2D eigenvalue weighted by Crippen LogP contribution is -2.07. The van der Waals surface area contributed by atoms with Crippen LogP contribution in [-0.4, -0.2) is 30.1 Å². The first kappa shape index (κ1) is 19.6.